The Morgan fingerprint density at radius 2 is 1.94 bits per heavy atom. The first-order valence-corrected chi connectivity index (χ1v) is 7.38. The van der Waals surface area contributed by atoms with Crippen molar-refractivity contribution in [1.29, 1.82) is 0 Å². The lowest BCUT2D eigenvalue weighted by atomic mass is 9.83. The summed E-state index contributed by atoms with van der Waals surface area (Å²) in [6.45, 7) is 5.48. The molecule has 0 aromatic heterocycles. The van der Waals surface area contributed by atoms with Crippen molar-refractivity contribution in [3.63, 3.8) is 0 Å². The Labute approximate surface area is 113 Å². The highest BCUT2D eigenvalue weighted by Crippen LogP contribution is 2.28. The molecule has 0 bridgehead atoms. The highest BCUT2D eigenvalue weighted by molar-refractivity contribution is 9.10. The molecule has 2 heteroatoms. The maximum Gasteiger partial charge on any atom is 0.0210 e. The van der Waals surface area contributed by atoms with E-state index in [4.69, 9.17) is 0 Å². The van der Waals surface area contributed by atoms with Crippen molar-refractivity contribution in [3.05, 3.63) is 33.8 Å². The van der Waals surface area contributed by atoms with Crippen LogP contribution < -0.4 is 5.32 Å². The molecule has 1 aliphatic rings. The van der Waals surface area contributed by atoms with Crippen LogP contribution in [0.4, 0.5) is 0 Å². The molecule has 0 aliphatic heterocycles. The van der Waals surface area contributed by atoms with E-state index in [0.29, 0.717) is 5.54 Å². The monoisotopic (exact) mass is 295 g/mol. The molecule has 1 nitrogen and oxygen atoms in total. The molecule has 17 heavy (non-hydrogen) atoms. The summed E-state index contributed by atoms with van der Waals surface area (Å²) >= 11 is 3.60. The van der Waals surface area contributed by atoms with E-state index in [1.54, 1.807) is 0 Å². The SMILES string of the molecule is Cc1ccc(CNC2(C)CCCCC2)cc1Br. The molecule has 0 unspecified atom stereocenters. The van der Waals surface area contributed by atoms with Crippen LogP contribution >= 0.6 is 15.9 Å². The number of hydrogen-bond acceptors (Lipinski definition) is 1. The quantitative estimate of drug-likeness (QED) is 0.861. The molecule has 94 valence electrons. The van der Waals surface area contributed by atoms with Gasteiger partial charge in [-0.25, -0.2) is 0 Å². The molecular formula is C15H22BrN. The van der Waals surface area contributed by atoms with E-state index in [0.717, 1.165) is 6.54 Å². The lowest BCUT2D eigenvalue weighted by molar-refractivity contribution is 0.252. The first kappa shape index (κ1) is 13.1. The molecule has 0 atom stereocenters. The van der Waals surface area contributed by atoms with Gasteiger partial charge in [-0.3, -0.25) is 0 Å². The van der Waals surface area contributed by atoms with Crippen LogP contribution in [0, 0.1) is 6.92 Å². The van der Waals surface area contributed by atoms with Gasteiger partial charge in [-0.05, 0) is 43.9 Å². The lowest BCUT2D eigenvalue weighted by Gasteiger charge is -2.35. The fourth-order valence-corrected chi connectivity index (χ4v) is 3.00. The van der Waals surface area contributed by atoms with E-state index in [-0.39, 0.29) is 0 Å². The smallest absolute Gasteiger partial charge is 0.0210 e. The molecular weight excluding hydrogens is 274 g/mol. The number of rotatable bonds is 3. The van der Waals surface area contributed by atoms with Crippen LogP contribution in [-0.2, 0) is 6.54 Å². The molecule has 0 amide bonds. The third-order valence-corrected chi connectivity index (χ3v) is 4.77. The zero-order chi connectivity index (χ0) is 12.3. The summed E-state index contributed by atoms with van der Waals surface area (Å²) in [6.07, 6.45) is 6.80. The second-order valence-electron chi connectivity index (χ2n) is 5.56. The van der Waals surface area contributed by atoms with Crippen LogP contribution in [0.2, 0.25) is 0 Å². The fraction of sp³-hybridized carbons (Fsp3) is 0.600. The van der Waals surface area contributed by atoms with Gasteiger partial charge in [0.05, 0.1) is 0 Å². The first-order valence-electron chi connectivity index (χ1n) is 6.59. The first-order chi connectivity index (χ1) is 8.09. The van der Waals surface area contributed by atoms with Gasteiger partial charge in [-0.1, -0.05) is 47.3 Å². The van der Waals surface area contributed by atoms with Crippen molar-refractivity contribution in [2.24, 2.45) is 0 Å². The predicted molar refractivity (Wildman–Crippen MR) is 77.2 cm³/mol. The topological polar surface area (TPSA) is 12.0 Å². The summed E-state index contributed by atoms with van der Waals surface area (Å²) < 4.78 is 1.21. The molecule has 1 aromatic carbocycles. The molecule has 0 heterocycles. The van der Waals surface area contributed by atoms with Gasteiger partial charge in [0.2, 0.25) is 0 Å². The molecule has 2 rings (SSSR count). The Balaban J connectivity index is 1.94. The third kappa shape index (κ3) is 3.56. The van der Waals surface area contributed by atoms with Crippen LogP contribution in [0.5, 0.6) is 0 Å². The van der Waals surface area contributed by atoms with Crippen LogP contribution in [-0.4, -0.2) is 5.54 Å². The lowest BCUT2D eigenvalue weighted by Crippen LogP contribution is -2.43. The summed E-state index contributed by atoms with van der Waals surface area (Å²) in [4.78, 5) is 0. The van der Waals surface area contributed by atoms with Gasteiger partial charge >= 0.3 is 0 Å². The summed E-state index contributed by atoms with van der Waals surface area (Å²) in [5.74, 6) is 0. The van der Waals surface area contributed by atoms with E-state index < -0.39 is 0 Å². The van der Waals surface area contributed by atoms with E-state index in [1.807, 2.05) is 0 Å². The number of halogens is 1. The largest absolute Gasteiger partial charge is 0.307 e. The summed E-state index contributed by atoms with van der Waals surface area (Å²) in [5.41, 5.74) is 3.03. The Bertz CT molecular complexity index is 381. The summed E-state index contributed by atoms with van der Waals surface area (Å²) in [6, 6.07) is 6.64. The van der Waals surface area contributed by atoms with Crippen LogP contribution in [0.1, 0.15) is 50.2 Å². The summed E-state index contributed by atoms with van der Waals surface area (Å²) in [7, 11) is 0. The van der Waals surface area contributed by atoms with E-state index in [2.05, 4.69) is 53.3 Å². The van der Waals surface area contributed by atoms with Gasteiger partial charge in [-0.2, -0.15) is 0 Å². The summed E-state index contributed by atoms with van der Waals surface area (Å²) in [5, 5.41) is 3.74. The van der Waals surface area contributed by atoms with Crippen molar-refractivity contribution >= 4 is 15.9 Å². The molecule has 1 aliphatic carbocycles. The van der Waals surface area contributed by atoms with Crippen LogP contribution in [0.3, 0.4) is 0 Å². The van der Waals surface area contributed by atoms with Gasteiger partial charge in [0.1, 0.15) is 0 Å². The predicted octanol–water partition coefficient (Wildman–Crippen LogP) is 4.57. The van der Waals surface area contributed by atoms with Gasteiger partial charge in [0.25, 0.3) is 0 Å². The van der Waals surface area contributed by atoms with Crippen molar-refractivity contribution in [1.82, 2.24) is 5.32 Å². The molecule has 1 saturated carbocycles. The molecule has 0 saturated heterocycles. The fourth-order valence-electron chi connectivity index (χ4n) is 2.57. The molecule has 0 spiro atoms. The molecule has 1 N–H and O–H groups in total. The zero-order valence-corrected chi connectivity index (χ0v) is 12.4. The normalized spacial score (nSPS) is 19.2. The molecule has 1 fully saturated rings. The molecule has 1 aromatic rings. The number of hydrogen-bond donors (Lipinski definition) is 1. The average Bonchev–Trinajstić information content (AvgIpc) is 2.32. The van der Waals surface area contributed by atoms with Crippen LogP contribution in [0.15, 0.2) is 22.7 Å². The highest BCUT2D eigenvalue weighted by Gasteiger charge is 2.25. The van der Waals surface area contributed by atoms with Gasteiger partial charge < -0.3 is 5.32 Å². The Kier molecular flexibility index (Phi) is 4.26. The maximum atomic E-state index is 3.74. The maximum absolute atomic E-state index is 3.74. The van der Waals surface area contributed by atoms with Crippen molar-refractivity contribution in [3.8, 4) is 0 Å². The van der Waals surface area contributed by atoms with Crippen molar-refractivity contribution in [2.45, 2.75) is 58.0 Å². The minimum atomic E-state index is 0.357. The number of nitrogens with one attached hydrogen (secondary N) is 1. The Morgan fingerprint density at radius 1 is 1.24 bits per heavy atom. The highest BCUT2D eigenvalue weighted by atomic mass is 79.9. The second kappa shape index (κ2) is 5.53. The number of aryl methyl sites for hydroxylation is 1. The van der Waals surface area contributed by atoms with E-state index >= 15 is 0 Å². The van der Waals surface area contributed by atoms with Gasteiger partial charge in [0.15, 0.2) is 0 Å². The molecule has 0 radical (unpaired) electrons. The van der Waals surface area contributed by atoms with E-state index in [9.17, 15) is 0 Å². The Hall–Kier alpha value is -0.340. The minimum absolute atomic E-state index is 0.357. The average molecular weight is 296 g/mol. The van der Waals surface area contributed by atoms with Gasteiger partial charge in [0, 0.05) is 16.6 Å². The van der Waals surface area contributed by atoms with Crippen LogP contribution in [0.25, 0.3) is 0 Å². The zero-order valence-electron chi connectivity index (χ0n) is 10.9. The van der Waals surface area contributed by atoms with E-state index in [1.165, 1.54) is 47.7 Å². The second-order valence-corrected chi connectivity index (χ2v) is 6.41. The third-order valence-electron chi connectivity index (χ3n) is 3.91. The van der Waals surface area contributed by atoms with Crippen molar-refractivity contribution < 1.29 is 0 Å². The minimum Gasteiger partial charge on any atom is -0.307 e. The van der Waals surface area contributed by atoms with Crippen molar-refractivity contribution in [2.75, 3.05) is 0 Å². The van der Waals surface area contributed by atoms with Gasteiger partial charge in [-0.15, -0.1) is 0 Å². The standard InChI is InChI=1S/C15H22BrN/c1-12-6-7-13(10-14(12)16)11-17-15(2)8-4-3-5-9-15/h6-7,10,17H,3-5,8-9,11H2,1-2H3. The number of benzene rings is 1. The Morgan fingerprint density at radius 3 is 2.59 bits per heavy atom.